The summed E-state index contributed by atoms with van der Waals surface area (Å²) in [6.07, 6.45) is 5.99. The molecule has 0 radical (unpaired) electrons. The molecule has 1 amide bonds. The molecule has 1 aromatic heterocycles. The van der Waals surface area contributed by atoms with Crippen molar-refractivity contribution in [3.8, 4) is 0 Å². The van der Waals surface area contributed by atoms with Crippen molar-refractivity contribution in [2.45, 2.75) is 64.6 Å². The summed E-state index contributed by atoms with van der Waals surface area (Å²) in [5.41, 5.74) is 2.52. The van der Waals surface area contributed by atoms with Crippen molar-refractivity contribution in [3.63, 3.8) is 0 Å². The minimum absolute atomic E-state index is 0.186. The Kier molecular flexibility index (Phi) is 4.05. The predicted molar refractivity (Wildman–Crippen MR) is 77.4 cm³/mol. The molecule has 0 atom stereocenters. The van der Waals surface area contributed by atoms with Crippen molar-refractivity contribution < 1.29 is 4.79 Å². The minimum atomic E-state index is 0.186. The van der Waals surface area contributed by atoms with Gasteiger partial charge in [-0.3, -0.25) is 4.79 Å². The average Bonchev–Trinajstić information content (AvgIpc) is 3.18. The van der Waals surface area contributed by atoms with Gasteiger partial charge in [0.25, 0.3) is 0 Å². The molecule has 5 heteroatoms. The van der Waals surface area contributed by atoms with E-state index < -0.39 is 0 Å². The molecule has 110 valence electrons. The number of aryl methyl sites for hydroxylation is 1. The molecule has 0 aromatic carbocycles. The summed E-state index contributed by atoms with van der Waals surface area (Å²) in [5.74, 6) is 1.34. The van der Waals surface area contributed by atoms with Crippen molar-refractivity contribution in [1.29, 1.82) is 0 Å². The number of fused-ring (bicyclic) bond motifs is 1. The molecule has 1 fully saturated rings. The zero-order valence-corrected chi connectivity index (χ0v) is 12.2. The van der Waals surface area contributed by atoms with Gasteiger partial charge in [-0.05, 0) is 19.3 Å². The van der Waals surface area contributed by atoms with Crippen LogP contribution in [0.3, 0.4) is 0 Å². The maximum Gasteiger partial charge on any atom is 0.222 e. The first kappa shape index (κ1) is 13.6. The molecular weight excluding hydrogens is 252 g/mol. The molecular formula is C15H24N4O. The number of nitrogens with zero attached hydrogens (tertiary/aromatic N) is 2. The van der Waals surface area contributed by atoms with E-state index in [4.69, 9.17) is 4.98 Å². The van der Waals surface area contributed by atoms with E-state index in [1.54, 1.807) is 0 Å². The predicted octanol–water partition coefficient (Wildman–Crippen LogP) is 1.15. The van der Waals surface area contributed by atoms with E-state index in [2.05, 4.69) is 22.1 Å². The van der Waals surface area contributed by atoms with E-state index >= 15 is 0 Å². The van der Waals surface area contributed by atoms with E-state index in [0.29, 0.717) is 12.5 Å². The van der Waals surface area contributed by atoms with Gasteiger partial charge in [0.05, 0.1) is 5.69 Å². The van der Waals surface area contributed by atoms with Crippen LogP contribution < -0.4 is 10.6 Å². The maximum atomic E-state index is 11.9. The highest BCUT2D eigenvalue weighted by Crippen LogP contribution is 2.20. The number of hydrogen-bond donors (Lipinski definition) is 2. The van der Waals surface area contributed by atoms with Crippen LogP contribution in [0.4, 0.5) is 0 Å². The first-order valence-electron chi connectivity index (χ1n) is 7.85. The molecule has 0 saturated heterocycles. The molecule has 1 aromatic rings. The van der Waals surface area contributed by atoms with Crippen LogP contribution in [0.25, 0.3) is 0 Å². The summed E-state index contributed by atoms with van der Waals surface area (Å²) < 4.78 is 2.30. The second-order valence-corrected chi connectivity index (χ2v) is 5.84. The summed E-state index contributed by atoms with van der Waals surface area (Å²) in [4.78, 5) is 16.6. The van der Waals surface area contributed by atoms with Crippen LogP contribution >= 0.6 is 0 Å². The van der Waals surface area contributed by atoms with E-state index in [0.717, 1.165) is 57.6 Å². The quantitative estimate of drug-likeness (QED) is 0.819. The molecule has 20 heavy (non-hydrogen) atoms. The van der Waals surface area contributed by atoms with Crippen molar-refractivity contribution in [2.24, 2.45) is 0 Å². The molecule has 2 aliphatic rings. The van der Waals surface area contributed by atoms with Crippen LogP contribution in [-0.2, 0) is 30.7 Å². The fraction of sp³-hybridized carbons (Fsp3) is 0.733. The molecule has 0 unspecified atom stereocenters. The number of imidazole rings is 1. The van der Waals surface area contributed by atoms with Crippen LogP contribution in [0.5, 0.6) is 0 Å². The lowest BCUT2D eigenvalue weighted by atomic mass is 10.2. The van der Waals surface area contributed by atoms with Crippen LogP contribution in [0, 0.1) is 0 Å². The van der Waals surface area contributed by atoms with E-state index in [1.807, 2.05) is 0 Å². The lowest BCUT2D eigenvalue weighted by molar-refractivity contribution is -0.121. The Morgan fingerprint density at radius 2 is 2.35 bits per heavy atom. The highest BCUT2D eigenvalue weighted by atomic mass is 16.1. The fourth-order valence-corrected chi connectivity index (χ4v) is 2.85. The van der Waals surface area contributed by atoms with Gasteiger partial charge in [0.15, 0.2) is 0 Å². The van der Waals surface area contributed by atoms with E-state index in [-0.39, 0.29) is 5.91 Å². The number of aromatic nitrogens is 2. The summed E-state index contributed by atoms with van der Waals surface area (Å²) in [6.45, 7) is 4.83. The third-order valence-electron chi connectivity index (χ3n) is 4.04. The number of hydrogen-bond acceptors (Lipinski definition) is 3. The SMILES string of the molecule is CCCc1nc2c(n1CCC(=O)NC1CC1)CCNC2. The molecule has 2 N–H and O–H groups in total. The van der Waals surface area contributed by atoms with Crippen molar-refractivity contribution in [2.75, 3.05) is 6.54 Å². The number of amides is 1. The van der Waals surface area contributed by atoms with Gasteiger partial charge in [0, 0.05) is 50.6 Å². The second kappa shape index (κ2) is 5.95. The Balaban J connectivity index is 1.69. The van der Waals surface area contributed by atoms with E-state index in [9.17, 15) is 4.79 Å². The molecule has 0 spiro atoms. The molecule has 1 aliphatic heterocycles. The number of carbonyl (C=O) groups is 1. The molecule has 1 aliphatic carbocycles. The fourth-order valence-electron chi connectivity index (χ4n) is 2.85. The van der Waals surface area contributed by atoms with Crippen LogP contribution in [0.2, 0.25) is 0 Å². The first-order valence-corrected chi connectivity index (χ1v) is 7.85. The molecule has 3 rings (SSSR count). The zero-order valence-electron chi connectivity index (χ0n) is 12.2. The van der Waals surface area contributed by atoms with E-state index in [1.165, 1.54) is 11.4 Å². The van der Waals surface area contributed by atoms with Gasteiger partial charge in [-0.15, -0.1) is 0 Å². The molecule has 1 saturated carbocycles. The van der Waals surface area contributed by atoms with Gasteiger partial charge in [-0.25, -0.2) is 4.98 Å². The minimum Gasteiger partial charge on any atom is -0.353 e. The van der Waals surface area contributed by atoms with Gasteiger partial charge < -0.3 is 15.2 Å². The molecule has 2 heterocycles. The van der Waals surface area contributed by atoms with Crippen LogP contribution in [-0.4, -0.2) is 28.0 Å². The standard InChI is InChI=1S/C15H24N4O/c1-2-3-14-18-12-10-16-8-6-13(12)19(14)9-7-15(20)17-11-4-5-11/h11,16H,2-10H2,1H3,(H,17,20). The highest BCUT2D eigenvalue weighted by Gasteiger charge is 2.24. The summed E-state index contributed by atoms with van der Waals surface area (Å²) in [6, 6.07) is 0.457. The molecule has 5 nitrogen and oxygen atoms in total. The largest absolute Gasteiger partial charge is 0.353 e. The Hall–Kier alpha value is -1.36. The van der Waals surface area contributed by atoms with Crippen LogP contribution in [0.1, 0.15) is 49.8 Å². The number of rotatable bonds is 6. The summed E-state index contributed by atoms with van der Waals surface area (Å²) >= 11 is 0. The maximum absolute atomic E-state index is 11.9. The smallest absolute Gasteiger partial charge is 0.222 e. The molecule has 0 bridgehead atoms. The van der Waals surface area contributed by atoms with Gasteiger partial charge in [0.2, 0.25) is 5.91 Å². The Morgan fingerprint density at radius 1 is 1.50 bits per heavy atom. The third-order valence-corrected chi connectivity index (χ3v) is 4.04. The van der Waals surface area contributed by atoms with Crippen molar-refractivity contribution >= 4 is 5.91 Å². The summed E-state index contributed by atoms with van der Waals surface area (Å²) in [5, 5.41) is 6.43. The summed E-state index contributed by atoms with van der Waals surface area (Å²) in [7, 11) is 0. The highest BCUT2D eigenvalue weighted by molar-refractivity contribution is 5.76. The van der Waals surface area contributed by atoms with Gasteiger partial charge in [-0.1, -0.05) is 6.92 Å². The Labute approximate surface area is 120 Å². The first-order chi connectivity index (χ1) is 9.78. The lowest BCUT2D eigenvalue weighted by Gasteiger charge is -2.16. The zero-order chi connectivity index (χ0) is 13.9. The van der Waals surface area contributed by atoms with Crippen molar-refractivity contribution in [1.82, 2.24) is 20.2 Å². The third kappa shape index (κ3) is 3.03. The normalized spacial score (nSPS) is 17.9. The number of nitrogens with one attached hydrogen (secondary N) is 2. The topological polar surface area (TPSA) is 59.0 Å². The van der Waals surface area contributed by atoms with Crippen LogP contribution in [0.15, 0.2) is 0 Å². The Bertz CT molecular complexity index is 490. The number of carbonyl (C=O) groups excluding carboxylic acids is 1. The van der Waals surface area contributed by atoms with Gasteiger partial charge in [0.1, 0.15) is 5.82 Å². The monoisotopic (exact) mass is 276 g/mol. The van der Waals surface area contributed by atoms with Crippen molar-refractivity contribution in [3.05, 3.63) is 17.2 Å². The van der Waals surface area contributed by atoms with Gasteiger partial charge >= 0.3 is 0 Å². The van der Waals surface area contributed by atoms with Gasteiger partial charge in [-0.2, -0.15) is 0 Å². The Morgan fingerprint density at radius 3 is 3.10 bits per heavy atom. The second-order valence-electron chi connectivity index (χ2n) is 5.84. The average molecular weight is 276 g/mol. The lowest BCUT2D eigenvalue weighted by Crippen LogP contribution is -2.28.